The number of carbonyl (C=O) groups excluding carboxylic acids is 2. The van der Waals surface area contributed by atoms with Gasteiger partial charge in [0.1, 0.15) is 0 Å². The average molecular weight is 185 g/mol. The Balaban J connectivity index is 3.99. The Morgan fingerprint density at radius 2 is 2.31 bits per heavy atom. The molecule has 5 nitrogen and oxygen atoms in total. The highest BCUT2D eigenvalue weighted by atomic mass is 16.6. The third-order valence-corrected chi connectivity index (χ3v) is 1.05. The summed E-state index contributed by atoms with van der Waals surface area (Å²) in [5.74, 6) is -0.830. The first-order valence-electron chi connectivity index (χ1n) is 3.71. The summed E-state index contributed by atoms with van der Waals surface area (Å²) in [4.78, 5) is 23.9. The molecular formula is C8H11NO4. The Labute approximate surface area is 76.0 Å². The van der Waals surface area contributed by atoms with Gasteiger partial charge < -0.3 is 9.47 Å². The zero-order valence-corrected chi connectivity index (χ0v) is 7.57. The summed E-state index contributed by atoms with van der Waals surface area (Å²) in [5.41, 5.74) is 0. The number of aliphatic imine (C=N–C) groups is 1. The van der Waals surface area contributed by atoms with E-state index < -0.39 is 12.2 Å². The minimum atomic E-state index is -0.769. The molecule has 0 bridgehead atoms. The monoisotopic (exact) mass is 185 g/mol. The fraction of sp³-hybridized carbons (Fsp3) is 0.500. The number of ether oxygens (including phenoxy) is 2. The van der Waals surface area contributed by atoms with Gasteiger partial charge in [0, 0.05) is 0 Å². The van der Waals surface area contributed by atoms with Gasteiger partial charge in [0.15, 0.2) is 12.0 Å². The van der Waals surface area contributed by atoms with Gasteiger partial charge in [-0.05, 0) is 20.4 Å². The third-order valence-electron chi connectivity index (χ3n) is 1.05. The van der Waals surface area contributed by atoms with Crippen molar-refractivity contribution in [2.45, 2.75) is 20.1 Å². The van der Waals surface area contributed by atoms with E-state index in [4.69, 9.17) is 4.74 Å². The van der Waals surface area contributed by atoms with Gasteiger partial charge in [0.25, 0.3) is 0 Å². The van der Waals surface area contributed by atoms with Gasteiger partial charge in [-0.3, -0.25) is 0 Å². The van der Waals surface area contributed by atoms with Crippen LogP contribution < -0.4 is 0 Å². The maximum Gasteiger partial charge on any atom is 0.373 e. The minimum absolute atomic E-state index is 0.173. The van der Waals surface area contributed by atoms with Crippen LogP contribution in [0.25, 0.3) is 0 Å². The van der Waals surface area contributed by atoms with Crippen molar-refractivity contribution in [1.29, 1.82) is 0 Å². The summed E-state index contributed by atoms with van der Waals surface area (Å²) >= 11 is 0. The summed E-state index contributed by atoms with van der Waals surface area (Å²) in [5, 5.41) is 0. The predicted octanol–water partition coefficient (Wildman–Crippen LogP) is 0.762. The van der Waals surface area contributed by atoms with E-state index in [2.05, 4.69) is 16.3 Å². The Morgan fingerprint density at radius 3 is 2.77 bits per heavy atom. The van der Waals surface area contributed by atoms with Crippen molar-refractivity contribution in [3.8, 4) is 0 Å². The summed E-state index contributed by atoms with van der Waals surface area (Å²) in [6.07, 6.45) is 0.531. The van der Waals surface area contributed by atoms with E-state index in [9.17, 15) is 9.59 Å². The van der Waals surface area contributed by atoms with Gasteiger partial charge in [-0.1, -0.05) is 0 Å². The van der Waals surface area contributed by atoms with E-state index in [1.807, 2.05) is 0 Å². The van der Waals surface area contributed by atoms with Crippen LogP contribution in [0, 0.1) is 0 Å². The van der Waals surface area contributed by atoms with Crippen molar-refractivity contribution >= 4 is 12.0 Å². The zero-order valence-electron chi connectivity index (χ0n) is 7.57. The molecule has 1 unspecified atom stereocenters. The molecular weight excluding hydrogens is 174 g/mol. The van der Waals surface area contributed by atoms with Crippen molar-refractivity contribution in [3.63, 3.8) is 0 Å². The molecule has 0 saturated carbocycles. The fourth-order valence-electron chi connectivity index (χ4n) is 0.566. The quantitative estimate of drug-likeness (QED) is 0.208. The molecule has 72 valence electrons. The van der Waals surface area contributed by atoms with Crippen molar-refractivity contribution < 1.29 is 19.1 Å². The number of hydrogen-bond donors (Lipinski definition) is 0. The van der Waals surface area contributed by atoms with Crippen LogP contribution in [0.3, 0.4) is 0 Å². The standard InChI is InChI=1S/C8H11NO4/c1-4-12-8(11)6(2)13-7(3)9-5-10/h7H,2,4H2,1,3H3. The van der Waals surface area contributed by atoms with E-state index in [0.29, 0.717) is 0 Å². The molecule has 0 fully saturated rings. The highest BCUT2D eigenvalue weighted by molar-refractivity contribution is 5.85. The van der Waals surface area contributed by atoms with Crippen LogP contribution in [0.5, 0.6) is 0 Å². The predicted molar refractivity (Wildman–Crippen MR) is 44.4 cm³/mol. The van der Waals surface area contributed by atoms with Gasteiger partial charge in [-0.25, -0.2) is 9.59 Å². The number of nitrogens with zero attached hydrogens (tertiary/aromatic N) is 1. The van der Waals surface area contributed by atoms with Crippen molar-refractivity contribution in [3.05, 3.63) is 12.3 Å². The molecule has 0 aliphatic carbocycles. The molecule has 0 heterocycles. The van der Waals surface area contributed by atoms with Crippen molar-refractivity contribution in [2.24, 2.45) is 4.99 Å². The number of esters is 1. The number of hydrogen-bond acceptors (Lipinski definition) is 5. The summed E-state index contributed by atoms with van der Waals surface area (Å²) < 4.78 is 9.39. The average Bonchev–Trinajstić information content (AvgIpc) is 2.05. The molecule has 1 atom stereocenters. The molecule has 0 aliphatic heterocycles. The summed E-state index contributed by atoms with van der Waals surface area (Å²) in [7, 11) is 0. The van der Waals surface area contributed by atoms with Gasteiger partial charge >= 0.3 is 5.97 Å². The third kappa shape index (κ3) is 4.76. The molecule has 0 aromatic rings. The highest BCUT2D eigenvalue weighted by Crippen LogP contribution is 2.02. The zero-order chi connectivity index (χ0) is 10.3. The largest absolute Gasteiger partial charge is 0.461 e. The van der Waals surface area contributed by atoms with Crippen molar-refractivity contribution in [1.82, 2.24) is 0 Å². The number of rotatable bonds is 5. The maximum atomic E-state index is 10.9. The number of carbonyl (C=O) groups is 1. The van der Waals surface area contributed by atoms with Crippen molar-refractivity contribution in [2.75, 3.05) is 6.61 Å². The second-order valence-corrected chi connectivity index (χ2v) is 2.08. The lowest BCUT2D eigenvalue weighted by molar-refractivity contribution is -0.143. The molecule has 0 aromatic heterocycles. The first kappa shape index (κ1) is 11.4. The van der Waals surface area contributed by atoms with Gasteiger partial charge in [-0.2, -0.15) is 4.99 Å². The molecule has 0 radical (unpaired) electrons. The highest BCUT2D eigenvalue weighted by Gasteiger charge is 2.11. The molecule has 0 aliphatic rings. The van der Waals surface area contributed by atoms with Gasteiger partial charge in [-0.15, -0.1) is 0 Å². The second kappa shape index (κ2) is 5.97. The van der Waals surface area contributed by atoms with Crippen LogP contribution in [-0.4, -0.2) is 24.9 Å². The first-order chi connectivity index (χ1) is 6.11. The Hall–Kier alpha value is -1.61. The van der Waals surface area contributed by atoms with Crippen LogP contribution in [0.4, 0.5) is 0 Å². The van der Waals surface area contributed by atoms with Crippen LogP contribution >= 0.6 is 0 Å². The first-order valence-corrected chi connectivity index (χ1v) is 3.71. The smallest absolute Gasteiger partial charge is 0.373 e. The molecule has 0 amide bonds. The lowest BCUT2D eigenvalue weighted by Gasteiger charge is -2.09. The van der Waals surface area contributed by atoms with E-state index in [1.165, 1.54) is 13.0 Å². The Kier molecular flexibility index (Phi) is 5.23. The Bertz CT molecular complexity index is 243. The molecule has 5 heteroatoms. The minimum Gasteiger partial charge on any atom is -0.461 e. The topological polar surface area (TPSA) is 65.0 Å². The van der Waals surface area contributed by atoms with Crippen LogP contribution in [0.1, 0.15) is 13.8 Å². The molecule has 0 rings (SSSR count). The maximum absolute atomic E-state index is 10.9. The molecule has 0 saturated heterocycles. The van der Waals surface area contributed by atoms with E-state index in [1.54, 1.807) is 6.92 Å². The van der Waals surface area contributed by atoms with E-state index in [-0.39, 0.29) is 12.4 Å². The summed E-state index contributed by atoms with van der Waals surface area (Å²) in [6, 6.07) is 0. The summed E-state index contributed by atoms with van der Waals surface area (Å²) in [6.45, 7) is 6.70. The lowest BCUT2D eigenvalue weighted by atomic mass is 10.5. The van der Waals surface area contributed by atoms with Crippen LogP contribution in [0.15, 0.2) is 17.3 Å². The lowest BCUT2D eigenvalue weighted by Crippen LogP contribution is -2.13. The SMILES string of the molecule is C=C(OC(C)N=C=O)C(=O)OCC. The van der Waals surface area contributed by atoms with Crippen LogP contribution in [0.2, 0.25) is 0 Å². The van der Waals surface area contributed by atoms with Crippen LogP contribution in [-0.2, 0) is 19.1 Å². The number of isocyanates is 1. The van der Waals surface area contributed by atoms with Gasteiger partial charge in [0.05, 0.1) is 6.61 Å². The van der Waals surface area contributed by atoms with E-state index in [0.717, 1.165) is 0 Å². The normalized spacial score (nSPS) is 10.9. The molecule has 0 N–H and O–H groups in total. The second-order valence-electron chi connectivity index (χ2n) is 2.08. The Morgan fingerprint density at radius 1 is 1.69 bits per heavy atom. The fourth-order valence-corrected chi connectivity index (χ4v) is 0.566. The van der Waals surface area contributed by atoms with E-state index >= 15 is 0 Å². The van der Waals surface area contributed by atoms with Gasteiger partial charge in [0.2, 0.25) is 6.08 Å². The molecule has 0 spiro atoms. The molecule has 13 heavy (non-hydrogen) atoms. The molecule has 0 aromatic carbocycles.